The molecule has 1 aromatic rings. The van der Waals surface area contributed by atoms with E-state index in [1.165, 1.54) is 0 Å². The van der Waals surface area contributed by atoms with E-state index >= 15 is 0 Å². The number of halogens is 4. The number of nitrogens with zero attached hydrogens (tertiary/aromatic N) is 3. The molecule has 0 spiro atoms. The normalized spacial score (nSPS) is 18.6. The maximum atomic E-state index is 13.0. The minimum absolute atomic E-state index is 0.00264. The molecule has 2 heterocycles. The fourth-order valence-corrected chi connectivity index (χ4v) is 2.41. The van der Waals surface area contributed by atoms with Gasteiger partial charge in [0.25, 0.3) is 5.91 Å². The standard InChI is InChI=1S/C13H9ClF3N3O/c14-8-1-3-9(4-2-8)20-11(21)7-10(13(15,16)17)19-6-5-18-12(19)20/h1-4,7H,5-6H2. The fourth-order valence-electron chi connectivity index (χ4n) is 2.28. The first-order valence-electron chi connectivity index (χ1n) is 6.08. The highest BCUT2D eigenvalue weighted by molar-refractivity contribution is 6.30. The van der Waals surface area contributed by atoms with Crippen molar-refractivity contribution in [1.29, 1.82) is 0 Å². The molecule has 1 amide bonds. The van der Waals surface area contributed by atoms with E-state index in [-0.39, 0.29) is 19.0 Å². The zero-order chi connectivity index (χ0) is 15.2. The average molecular weight is 316 g/mol. The van der Waals surface area contributed by atoms with Gasteiger partial charge in [0, 0.05) is 17.6 Å². The predicted octanol–water partition coefficient (Wildman–Crippen LogP) is 2.80. The van der Waals surface area contributed by atoms with Crippen molar-refractivity contribution in [2.24, 2.45) is 4.99 Å². The van der Waals surface area contributed by atoms with Crippen LogP contribution in [0.2, 0.25) is 5.02 Å². The molecule has 0 unspecified atom stereocenters. The van der Waals surface area contributed by atoms with E-state index in [1.807, 2.05) is 0 Å². The molecule has 0 N–H and O–H groups in total. The summed E-state index contributed by atoms with van der Waals surface area (Å²) in [6.07, 6.45) is -3.99. The van der Waals surface area contributed by atoms with E-state index in [0.29, 0.717) is 16.8 Å². The maximum Gasteiger partial charge on any atom is 0.431 e. The van der Waals surface area contributed by atoms with Gasteiger partial charge in [-0.3, -0.25) is 9.79 Å². The number of carbonyl (C=O) groups excluding carboxylic acids is 1. The Hall–Kier alpha value is -2.02. The van der Waals surface area contributed by atoms with Crippen molar-refractivity contribution in [3.63, 3.8) is 0 Å². The summed E-state index contributed by atoms with van der Waals surface area (Å²) in [6.45, 7) is 0.304. The van der Waals surface area contributed by atoms with Crippen molar-refractivity contribution in [3.8, 4) is 0 Å². The molecule has 0 fully saturated rings. The Morgan fingerprint density at radius 2 is 1.86 bits per heavy atom. The summed E-state index contributed by atoms with van der Waals surface area (Å²) in [4.78, 5) is 18.3. The van der Waals surface area contributed by atoms with Crippen molar-refractivity contribution in [3.05, 3.63) is 41.1 Å². The Labute approximate surface area is 123 Å². The molecule has 4 nitrogen and oxygen atoms in total. The summed E-state index contributed by atoms with van der Waals surface area (Å²) in [5, 5.41) is 0.472. The second kappa shape index (κ2) is 4.77. The largest absolute Gasteiger partial charge is 0.431 e. The Kier molecular flexibility index (Phi) is 3.16. The molecule has 0 saturated heterocycles. The van der Waals surface area contributed by atoms with E-state index in [2.05, 4.69) is 4.99 Å². The third-order valence-corrected chi connectivity index (χ3v) is 3.42. The lowest BCUT2D eigenvalue weighted by Crippen LogP contribution is -2.51. The number of hydrogen-bond acceptors (Lipinski definition) is 3. The monoisotopic (exact) mass is 315 g/mol. The number of alkyl halides is 3. The van der Waals surface area contributed by atoms with Crippen LogP contribution in [0.1, 0.15) is 0 Å². The number of guanidine groups is 1. The van der Waals surface area contributed by atoms with Crippen molar-refractivity contribution < 1.29 is 18.0 Å². The molecule has 21 heavy (non-hydrogen) atoms. The van der Waals surface area contributed by atoms with Crippen LogP contribution < -0.4 is 4.90 Å². The summed E-state index contributed by atoms with van der Waals surface area (Å²) in [6, 6.07) is 6.25. The zero-order valence-electron chi connectivity index (χ0n) is 10.6. The highest BCUT2D eigenvalue weighted by Gasteiger charge is 2.46. The molecule has 0 radical (unpaired) electrons. The van der Waals surface area contributed by atoms with Gasteiger partial charge in [0.1, 0.15) is 5.70 Å². The van der Waals surface area contributed by atoms with Crippen LogP contribution in [0, 0.1) is 0 Å². The lowest BCUT2D eigenvalue weighted by Gasteiger charge is -2.34. The first-order valence-corrected chi connectivity index (χ1v) is 6.46. The van der Waals surface area contributed by atoms with Gasteiger partial charge in [0.05, 0.1) is 12.2 Å². The first-order chi connectivity index (χ1) is 9.88. The van der Waals surface area contributed by atoms with E-state index in [9.17, 15) is 18.0 Å². The van der Waals surface area contributed by atoms with Crippen LogP contribution >= 0.6 is 11.6 Å². The molecule has 0 aliphatic carbocycles. The van der Waals surface area contributed by atoms with Crippen molar-refractivity contribution in [1.82, 2.24) is 4.90 Å². The lowest BCUT2D eigenvalue weighted by molar-refractivity contribution is -0.119. The fraction of sp³-hybridized carbons (Fsp3) is 0.231. The molecule has 3 rings (SSSR count). The van der Waals surface area contributed by atoms with Crippen LogP contribution in [-0.2, 0) is 4.79 Å². The van der Waals surface area contributed by atoms with Gasteiger partial charge >= 0.3 is 6.18 Å². The first kappa shape index (κ1) is 13.9. The maximum absolute atomic E-state index is 13.0. The number of carbonyl (C=O) groups is 1. The molecule has 8 heteroatoms. The number of fused-ring (bicyclic) bond motifs is 1. The summed E-state index contributed by atoms with van der Waals surface area (Å²) < 4.78 is 38.9. The van der Waals surface area contributed by atoms with Gasteiger partial charge in [0.15, 0.2) is 0 Å². The SMILES string of the molecule is O=C1C=C(C(F)(F)F)N2CCN=C2N1c1ccc(Cl)cc1. The van der Waals surface area contributed by atoms with Crippen LogP contribution in [0.15, 0.2) is 41.0 Å². The molecule has 0 bridgehead atoms. The van der Waals surface area contributed by atoms with E-state index in [4.69, 9.17) is 11.6 Å². The van der Waals surface area contributed by atoms with E-state index in [0.717, 1.165) is 9.80 Å². The molecule has 1 aromatic carbocycles. The van der Waals surface area contributed by atoms with Gasteiger partial charge in [-0.05, 0) is 24.3 Å². The van der Waals surface area contributed by atoms with Crippen LogP contribution in [0.3, 0.4) is 0 Å². The summed E-state index contributed by atoms with van der Waals surface area (Å²) in [5.41, 5.74) is -0.554. The van der Waals surface area contributed by atoms with Gasteiger partial charge in [-0.1, -0.05) is 11.6 Å². The van der Waals surface area contributed by atoms with Gasteiger partial charge in [-0.15, -0.1) is 0 Å². The van der Waals surface area contributed by atoms with Crippen molar-refractivity contribution >= 4 is 29.2 Å². The third-order valence-electron chi connectivity index (χ3n) is 3.16. The van der Waals surface area contributed by atoms with Gasteiger partial charge in [-0.2, -0.15) is 13.2 Å². The topological polar surface area (TPSA) is 35.9 Å². The molecule has 2 aliphatic heterocycles. The minimum Gasteiger partial charge on any atom is -0.305 e. The van der Waals surface area contributed by atoms with Crippen LogP contribution in [-0.4, -0.2) is 36.0 Å². The zero-order valence-corrected chi connectivity index (χ0v) is 11.3. The van der Waals surface area contributed by atoms with Gasteiger partial charge in [0.2, 0.25) is 5.96 Å². The molecular weight excluding hydrogens is 307 g/mol. The number of allylic oxidation sites excluding steroid dienone is 1. The number of benzene rings is 1. The van der Waals surface area contributed by atoms with Crippen LogP contribution in [0.5, 0.6) is 0 Å². The van der Waals surface area contributed by atoms with E-state index in [1.54, 1.807) is 24.3 Å². The Morgan fingerprint density at radius 1 is 1.19 bits per heavy atom. The van der Waals surface area contributed by atoms with Crippen molar-refractivity contribution in [2.75, 3.05) is 18.0 Å². The minimum atomic E-state index is -4.59. The Bertz CT molecular complexity index is 652. The second-order valence-corrected chi connectivity index (χ2v) is 4.95. The summed E-state index contributed by atoms with van der Waals surface area (Å²) >= 11 is 5.78. The van der Waals surface area contributed by atoms with Gasteiger partial charge in [-0.25, -0.2) is 4.90 Å². The average Bonchev–Trinajstić information content (AvgIpc) is 2.87. The molecule has 2 aliphatic rings. The Balaban J connectivity index is 2.06. The number of amides is 1. The molecular formula is C13H9ClF3N3O. The molecule has 0 aromatic heterocycles. The lowest BCUT2D eigenvalue weighted by atomic mass is 10.2. The predicted molar refractivity (Wildman–Crippen MR) is 72.1 cm³/mol. The van der Waals surface area contributed by atoms with Crippen molar-refractivity contribution in [2.45, 2.75) is 6.18 Å². The number of rotatable bonds is 1. The molecule has 110 valence electrons. The molecule has 0 atom stereocenters. The van der Waals surface area contributed by atoms with Crippen LogP contribution in [0.25, 0.3) is 0 Å². The van der Waals surface area contributed by atoms with E-state index < -0.39 is 17.8 Å². The highest BCUT2D eigenvalue weighted by Crippen LogP contribution is 2.35. The second-order valence-electron chi connectivity index (χ2n) is 4.51. The van der Waals surface area contributed by atoms with Gasteiger partial charge < -0.3 is 4.90 Å². The third kappa shape index (κ3) is 2.37. The smallest absolute Gasteiger partial charge is 0.305 e. The number of anilines is 1. The quantitative estimate of drug-likeness (QED) is 0.799. The number of aliphatic imine (C=N–C) groups is 1. The Morgan fingerprint density at radius 3 is 2.48 bits per heavy atom. The summed E-state index contributed by atoms with van der Waals surface area (Å²) in [5.74, 6) is -0.779. The molecule has 0 saturated carbocycles. The highest BCUT2D eigenvalue weighted by atomic mass is 35.5. The summed E-state index contributed by atoms with van der Waals surface area (Å²) in [7, 11) is 0. The number of hydrogen-bond donors (Lipinski definition) is 0. The van der Waals surface area contributed by atoms with Crippen LogP contribution in [0.4, 0.5) is 18.9 Å².